The van der Waals surface area contributed by atoms with Gasteiger partial charge in [0, 0.05) is 24.8 Å². The predicted molar refractivity (Wildman–Crippen MR) is 102 cm³/mol. The van der Waals surface area contributed by atoms with Gasteiger partial charge in [-0.15, -0.1) is 0 Å². The molecule has 2 fully saturated rings. The summed E-state index contributed by atoms with van der Waals surface area (Å²) in [5.74, 6) is 1.51. The Morgan fingerprint density at radius 1 is 1.16 bits per heavy atom. The Morgan fingerprint density at radius 2 is 1.76 bits per heavy atom. The van der Waals surface area contributed by atoms with Gasteiger partial charge in [0.2, 0.25) is 0 Å². The van der Waals surface area contributed by atoms with Crippen LogP contribution in [-0.2, 0) is 4.74 Å². The van der Waals surface area contributed by atoms with Crippen LogP contribution >= 0.6 is 0 Å². The lowest BCUT2D eigenvalue weighted by Gasteiger charge is -2.39. The van der Waals surface area contributed by atoms with Gasteiger partial charge < -0.3 is 15.0 Å². The van der Waals surface area contributed by atoms with Crippen molar-refractivity contribution >= 4 is 11.8 Å². The van der Waals surface area contributed by atoms with Gasteiger partial charge in [-0.25, -0.2) is 4.79 Å². The maximum atomic E-state index is 12.4. The molecule has 2 aliphatic rings. The number of likely N-dealkylation sites (tertiary alicyclic amines) is 1. The lowest BCUT2D eigenvalue weighted by Crippen LogP contribution is -2.51. The number of hydrogen-bond acceptors (Lipinski definition) is 3. The number of benzene rings is 1. The number of fused-ring (bicyclic) bond motifs is 2. The third kappa shape index (κ3) is 4.10. The van der Waals surface area contributed by atoms with Crippen LogP contribution in [0.25, 0.3) is 0 Å². The van der Waals surface area contributed by atoms with E-state index in [1.165, 1.54) is 24.1 Å². The quantitative estimate of drug-likeness (QED) is 0.851. The topological polar surface area (TPSA) is 41.6 Å². The number of rotatable bonds is 3. The van der Waals surface area contributed by atoms with Gasteiger partial charge in [-0.2, -0.15) is 0 Å². The maximum absolute atomic E-state index is 12.4. The predicted octanol–water partition coefficient (Wildman–Crippen LogP) is 4.87. The van der Waals surface area contributed by atoms with Crippen LogP contribution in [0.15, 0.2) is 24.3 Å². The fraction of sp³-hybridized carbons (Fsp3) is 0.667. The van der Waals surface area contributed by atoms with Crippen molar-refractivity contribution in [2.24, 2.45) is 11.8 Å². The Bertz CT molecular complexity index is 607. The van der Waals surface area contributed by atoms with E-state index in [0.29, 0.717) is 23.8 Å². The second-order valence-electron chi connectivity index (χ2n) is 8.89. The Labute approximate surface area is 151 Å². The smallest absolute Gasteiger partial charge is 0.410 e. The highest BCUT2D eigenvalue weighted by Gasteiger charge is 2.44. The molecule has 1 unspecified atom stereocenters. The number of amides is 1. The highest BCUT2D eigenvalue weighted by molar-refractivity contribution is 5.68. The van der Waals surface area contributed by atoms with Crippen LogP contribution in [0.4, 0.5) is 10.5 Å². The van der Waals surface area contributed by atoms with Gasteiger partial charge in [0.15, 0.2) is 0 Å². The van der Waals surface area contributed by atoms with E-state index in [9.17, 15) is 4.79 Å². The Kier molecular flexibility index (Phi) is 4.99. The number of nitrogens with zero attached hydrogens (tertiary/aromatic N) is 1. The molecule has 1 aliphatic carbocycles. The zero-order chi connectivity index (χ0) is 18.2. The first-order valence-electron chi connectivity index (χ1n) is 9.58. The van der Waals surface area contributed by atoms with E-state index in [4.69, 9.17) is 4.74 Å². The zero-order valence-electron chi connectivity index (χ0n) is 16.2. The second kappa shape index (κ2) is 6.89. The van der Waals surface area contributed by atoms with Gasteiger partial charge in [0.1, 0.15) is 5.60 Å². The van der Waals surface area contributed by atoms with Gasteiger partial charge in [-0.3, -0.25) is 0 Å². The van der Waals surface area contributed by atoms with E-state index >= 15 is 0 Å². The van der Waals surface area contributed by atoms with Gasteiger partial charge in [0.25, 0.3) is 0 Å². The van der Waals surface area contributed by atoms with Crippen molar-refractivity contribution in [1.29, 1.82) is 0 Å². The third-order valence-electron chi connectivity index (χ3n) is 5.39. The van der Waals surface area contributed by atoms with E-state index in [1.54, 1.807) is 0 Å². The summed E-state index contributed by atoms with van der Waals surface area (Å²) in [5.41, 5.74) is 2.20. The molecule has 0 aromatic heterocycles. The molecule has 1 saturated heterocycles. The maximum Gasteiger partial charge on any atom is 0.410 e. The van der Waals surface area contributed by atoms with E-state index in [-0.39, 0.29) is 6.09 Å². The molecule has 3 atom stereocenters. The molecule has 1 aromatic carbocycles. The third-order valence-corrected chi connectivity index (χ3v) is 5.39. The number of carbonyl (C=O) groups is 1. The van der Waals surface area contributed by atoms with Crippen LogP contribution in [0.1, 0.15) is 58.9 Å². The van der Waals surface area contributed by atoms with E-state index < -0.39 is 5.60 Å². The Morgan fingerprint density at radius 3 is 2.32 bits per heavy atom. The molecule has 1 heterocycles. The molecule has 4 heteroatoms. The SMILES string of the molecule is CC(C)c1ccccc1NC1[C@@H]2CC[C@H]1CN(C(=O)OC(C)(C)C)C2. The summed E-state index contributed by atoms with van der Waals surface area (Å²) in [4.78, 5) is 14.3. The number of piperidine rings is 1. The van der Waals surface area contributed by atoms with Gasteiger partial charge >= 0.3 is 6.09 Å². The fourth-order valence-corrected chi connectivity index (χ4v) is 4.25. The number of ether oxygens (including phenoxy) is 1. The summed E-state index contributed by atoms with van der Waals surface area (Å²) in [6, 6.07) is 9.07. The molecule has 3 rings (SSSR count). The Balaban J connectivity index is 1.69. The van der Waals surface area contributed by atoms with E-state index in [1.807, 2.05) is 25.7 Å². The summed E-state index contributed by atoms with van der Waals surface area (Å²) < 4.78 is 5.57. The molecular weight excluding hydrogens is 312 g/mol. The zero-order valence-corrected chi connectivity index (χ0v) is 16.2. The highest BCUT2D eigenvalue weighted by atomic mass is 16.6. The molecule has 1 amide bonds. The summed E-state index contributed by atoms with van der Waals surface area (Å²) in [7, 11) is 0. The molecule has 1 saturated carbocycles. The van der Waals surface area contributed by atoms with E-state index in [2.05, 4.69) is 43.4 Å². The van der Waals surface area contributed by atoms with Gasteiger partial charge in [-0.1, -0.05) is 32.0 Å². The number of carbonyl (C=O) groups excluding carboxylic acids is 1. The van der Waals surface area contributed by atoms with Crippen molar-refractivity contribution in [2.75, 3.05) is 18.4 Å². The van der Waals surface area contributed by atoms with Crippen LogP contribution in [0, 0.1) is 11.8 Å². The molecule has 25 heavy (non-hydrogen) atoms. The first-order valence-corrected chi connectivity index (χ1v) is 9.58. The lowest BCUT2D eigenvalue weighted by molar-refractivity contribution is 0.0142. The molecule has 1 aliphatic heterocycles. The minimum Gasteiger partial charge on any atom is -0.444 e. The standard InChI is InChI=1S/C21H32N2O2/c1-14(2)17-8-6-7-9-18(17)22-19-15-10-11-16(19)13-23(12-15)20(24)25-21(3,4)5/h6-9,14-16,19,22H,10-13H2,1-5H3/t15-,16+,19?. The molecule has 4 nitrogen and oxygen atoms in total. The largest absolute Gasteiger partial charge is 0.444 e. The van der Waals surface area contributed by atoms with Crippen molar-refractivity contribution in [3.8, 4) is 0 Å². The average molecular weight is 344 g/mol. The van der Waals surface area contributed by atoms with Gasteiger partial charge in [0.05, 0.1) is 0 Å². The first-order chi connectivity index (χ1) is 11.7. The minimum absolute atomic E-state index is 0.162. The van der Waals surface area contributed by atoms with Crippen LogP contribution in [0.5, 0.6) is 0 Å². The van der Waals surface area contributed by atoms with Crippen molar-refractivity contribution in [1.82, 2.24) is 4.90 Å². The van der Waals surface area contributed by atoms with Crippen molar-refractivity contribution in [3.05, 3.63) is 29.8 Å². The molecule has 2 bridgehead atoms. The summed E-state index contributed by atoms with van der Waals surface area (Å²) >= 11 is 0. The molecule has 1 aromatic rings. The highest BCUT2D eigenvalue weighted by Crippen LogP contribution is 2.40. The number of nitrogens with one attached hydrogen (secondary N) is 1. The molecule has 0 spiro atoms. The molecule has 1 N–H and O–H groups in total. The number of para-hydroxylation sites is 1. The van der Waals surface area contributed by atoms with Gasteiger partial charge in [-0.05, 0) is 63.0 Å². The number of anilines is 1. The van der Waals surface area contributed by atoms with Crippen molar-refractivity contribution in [3.63, 3.8) is 0 Å². The number of hydrogen-bond donors (Lipinski definition) is 1. The average Bonchev–Trinajstić information content (AvgIpc) is 2.75. The molecular formula is C21H32N2O2. The fourth-order valence-electron chi connectivity index (χ4n) is 4.25. The van der Waals surface area contributed by atoms with Crippen LogP contribution in [-0.4, -0.2) is 35.7 Å². The first kappa shape index (κ1) is 18.1. The molecule has 138 valence electrons. The summed E-state index contributed by atoms with van der Waals surface area (Å²) in [6.07, 6.45) is 2.21. The molecule has 0 radical (unpaired) electrons. The second-order valence-corrected chi connectivity index (χ2v) is 8.89. The van der Waals surface area contributed by atoms with Crippen molar-refractivity contribution in [2.45, 2.75) is 65.0 Å². The summed E-state index contributed by atoms with van der Waals surface area (Å²) in [6.45, 7) is 11.9. The lowest BCUT2D eigenvalue weighted by atomic mass is 9.91. The van der Waals surface area contributed by atoms with Crippen LogP contribution in [0.2, 0.25) is 0 Å². The normalized spacial score (nSPS) is 26.0. The van der Waals surface area contributed by atoms with Crippen LogP contribution in [0.3, 0.4) is 0 Å². The summed E-state index contributed by atoms with van der Waals surface area (Å²) in [5, 5.41) is 3.82. The van der Waals surface area contributed by atoms with Crippen molar-refractivity contribution < 1.29 is 9.53 Å². The minimum atomic E-state index is -0.429. The monoisotopic (exact) mass is 344 g/mol. The van der Waals surface area contributed by atoms with Crippen LogP contribution < -0.4 is 5.32 Å². The Hall–Kier alpha value is -1.71. The van der Waals surface area contributed by atoms with E-state index in [0.717, 1.165) is 13.1 Å².